The van der Waals surface area contributed by atoms with Crippen molar-refractivity contribution >= 4 is 29.0 Å². The van der Waals surface area contributed by atoms with Gasteiger partial charge in [0.15, 0.2) is 16.3 Å². The standard InChI is InChI=1S/C26H31N5O4S/c1-2-29-10-12-30(13-11-29)9-3-8-27-24(32)19-6-4-18(5-7-19)16-31-25(33)20-14-22-23(35-17-34-22)15-21(20)28-26(31)36/h4-7,14-15H,2-3,8-13,16-17H2,1H3,(H,27,32)(H,28,36). The molecule has 36 heavy (non-hydrogen) atoms. The van der Waals surface area contributed by atoms with Crippen molar-refractivity contribution in [3.63, 3.8) is 0 Å². The zero-order valence-corrected chi connectivity index (χ0v) is 21.2. The number of aromatic nitrogens is 2. The lowest BCUT2D eigenvalue weighted by molar-refractivity contribution is 0.0948. The van der Waals surface area contributed by atoms with Crippen LogP contribution in [0.5, 0.6) is 11.5 Å². The second-order valence-electron chi connectivity index (χ2n) is 9.15. The van der Waals surface area contributed by atoms with Crippen LogP contribution >= 0.6 is 12.2 Å². The average Bonchev–Trinajstić information content (AvgIpc) is 3.36. The molecule has 9 nitrogen and oxygen atoms in total. The number of piperazine rings is 1. The number of nitrogens with zero attached hydrogens (tertiary/aromatic N) is 3. The van der Waals surface area contributed by atoms with Gasteiger partial charge in [0.25, 0.3) is 11.5 Å². The van der Waals surface area contributed by atoms with Crippen LogP contribution in [0, 0.1) is 4.77 Å². The number of carbonyl (C=O) groups is 1. The fraction of sp³-hybridized carbons (Fsp3) is 0.423. The van der Waals surface area contributed by atoms with E-state index >= 15 is 0 Å². The van der Waals surface area contributed by atoms with Gasteiger partial charge >= 0.3 is 0 Å². The van der Waals surface area contributed by atoms with Crippen molar-refractivity contribution in [1.29, 1.82) is 0 Å². The first-order valence-electron chi connectivity index (χ1n) is 12.4. The van der Waals surface area contributed by atoms with E-state index in [1.807, 2.05) is 12.1 Å². The number of H-pyrrole nitrogens is 1. The molecule has 10 heteroatoms. The van der Waals surface area contributed by atoms with Gasteiger partial charge in [0.05, 0.1) is 17.4 Å². The van der Waals surface area contributed by atoms with E-state index in [0.717, 1.165) is 51.3 Å². The number of likely N-dealkylation sites (N-methyl/N-ethyl adjacent to an activating group) is 1. The van der Waals surface area contributed by atoms with Gasteiger partial charge in [-0.3, -0.25) is 14.2 Å². The molecule has 0 bridgehead atoms. The van der Waals surface area contributed by atoms with Crippen molar-refractivity contribution in [2.75, 3.05) is 52.6 Å². The van der Waals surface area contributed by atoms with Gasteiger partial charge in [0, 0.05) is 44.4 Å². The summed E-state index contributed by atoms with van der Waals surface area (Å²) in [7, 11) is 0. The van der Waals surface area contributed by atoms with E-state index in [2.05, 4.69) is 27.0 Å². The van der Waals surface area contributed by atoms with Gasteiger partial charge in [-0.05, 0) is 55.5 Å². The Bertz CT molecular complexity index is 1360. The SMILES string of the molecule is CCN1CCN(CCCNC(=O)c2ccc(Cn3c(=S)[nH]c4cc5c(cc4c3=O)OCO5)cc2)CC1. The summed E-state index contributed by atoms with van der Waals surface area (Å²) in [4.78, 5) is 33.7. The number of hydrogen-bond acceptors (Lipinski definition) is 7. The van der Waals surface area contributed by atoms with E-state index in [1.165, 1.54) is 4.57 Å². The molecule has 0 radical (unpaired) electrons. The monoisotopic (exact) mass is 509 g/mol. The Morgan fingerprint density at radius 2 is 1.75 bits per heavy atom. The van der Waals surface area contributed by atoms with Gasteiger partial charge in [-0.25, -0.2) is 0 Å². The van der Waals surface area contributed by atoms with Gasteiger partial charge in [-0.1, -0.05) is 19.1 Å². The first-order valence-corrected chi connectivity index (χ1v) is 12.8. The summed E-state index contributed by atoms with van der Waals surface area (Å²) >= 11 is 5.45. The summed E-state index contributed by atoms with van der Waals surface area (Å²) in [5, 5.41) is 3.49. The predicted octanol–water partition coefficient (Wildman–Crippen LogP) is 2.59. The van der Waals surface area contributed by atoms with Crippen molar-refractivity contribution in [2.45, 2.75) is 19.9 Å². The Morgan fingerprint density at radius 1 is 1.06 bits per heavy atom. The molecule has 1 saturated heterocycles. The van der Waals surface area contributed by atoms with Crippen LogP contribution in [0.25, 0.3) is 10.9 Å². The molecule has 0 unspecified atom stereocenters. The number of amides is 1. The molecular formula is C26H31N5O4S. The largest absolute Gasteiger partial charge is 0.454 e. The Hall–Kier alpha value is -3.21. The lowest BCUT2D eigenvalue weighted by Crippen LogP contribution is -2.46. The minimum atomic E-state index is -0.204. The van der Waals surface area contributed by atoms with Crippen molar-refractivity contribution in [2.24, 2.45) is 0 Å². The highest BCUT2D eigenvalue weighted by Gasteiger charge is 2.18. The molecule has 2 aliphatic rings. The summed E-state index contributed by atoms with van der Waals surface area (Å²) in [5.41, 5.74) is 1.88. The van der Waals surface area contributed by atoms with Gasteiger partial charge in [0.1, 0.15) is 0 Å². The summed E-state index contributed by atoms with van der Waals surface area (Å²) in [6.45, 7) is 9.83. The topological polar surface area (TPSA) is 91.8 Å². The number of aromatic amines is 1. The zero-order chi connectivity index (χ0) is 25.1. The van der Waals surface area contributed by atoms with Crippen molar-refractivity contribution in [1.82, 2.24) is 24.7 Å². The highest BCUT2D eigenvalue weighted by atomic mass is 32.1. The molecule has 1 amide bonds. The third-order valence-corrected chi connectivity index (χ3v) is 7.20. The first-order chi connectivity index (χ1) is 17.5. The van der Waals surface area contributed by atoms with E-state index in [-0.39, 0.29) is 18.3 Å². The minimum Gasteiger partial charge on any atom is -0.454 e. The fourth-order valence-electron chi connectivity index (χ4n) is 4.67. The summed E-state index contributed by atoms with van der Waals surface area (Å²) in [6.07, 6.45) is 0.930. The quantitative estimate of drug-likeness (QED) is 0.356. The molecule has 1 aromatic heterocycles. The van der Waals surface area contributed by atoms with E-state index in [4.69, 9.17) is 21.7 Å². The number of carbonyl (C=O) groups excluding carboxylic acids is 1. The van der Waals surface area contributed by atoms with Crippen LogP contribution < -0.4 is 20.3 Å². The van der Waals surface area contributed by atoms with Crippen LogP contribution in [0.1, 0.15) is 29.3 Å². The normalized spacial score (nSPS) is 15.9. The highest BCUT2D eigenvalue weighted by molar-refractivity contribution is 7.71. The lowest BCUT2D eigenvalue weighted by atomic mass is 10.1. The molecule has 2 aromatic carbocycles. The van der Waals surface area contributed by atoms with Crippen LogP contribution in [0.4, 0.5) is 0 Å². The lowest BCUT2D eigenvalue weighted by Gasteiger charge is -2.33. The highest BCUT2D eigenvalue weighted by Crippen LogP contribution is 2.34. The third-order valence-electron chi connectivity index (χ3n) is 6.88. The first kappa shape index (κ1) is 24.5. The number of benzene rings is 2. The maximum atomic E-state index is 13.1. The van der Waals surface area contributed by atoms with E-state index in [9.17, 15) is 9.59 Å². The van der Waals surface area contributed by atoms with E-state index < -0.39 is 0 Å². The Morgan fingerprint density at radius 3 is 2.47 bits per heavy atom. The van der Waals surface area contributed by atoms with Crippen molar-refractivity contribution < 1.29 is 14.3 Å². The second kappa shape index (κ2) is 10.8. The molecule has 0 aliphatic carbocycles. The molecule has 2 aliphatic heterocycles. The molecule has 5 rings (SSSR count). The van der Waals surface area contributed by atoms with Crippen molar-refractivity contribution in [3.8, 4) is 11.5 Å². The minimum absolute atomic E-state index is 0.0893. The summed E-state index contributed by atoms with van der Waals surface area (Å²) < 4.78 is 12.6. The van der Waals surface area contributed by atoms with Crippen LogP contribution in [0.2, 0.25) is 0 Å². The Balaban J connectivity index is 1.17. The molecular weight excluding hydrogens is 478 g/mol. The third kappa shape index (κ3) is 5.30. The van der Waals surface area contributed by atoms with E-state index in [0.29, 0.717) is 45.8 Å². The van der Waals surface area contributed by atoms with E-state index in [1.54, 1.807) is 24.3 Å². The molecule has 3 heterocycles. The van der Waals surface area contributed by atoms with Gasteiger partial charge in [0.2, 0.25) is 6.79 Å². The number of fused-ring (bicyclic) bond motifs is 2. The maximum absolute atomic E-state index is 13.1. The molecule has 0 saturated carbocycles. The van der Waals surface area contributed by atoms with Crippen LogP contribution in [-0.4, -0.2) is 77.9 Å². The summed E-state index contributed by atoms with van der Waals surface area (Å²) in [5.74, 6) is 1.05. The van der Waals surface area contributed by atoms with Crippen LogP contribution in [0.15, 0.2) is 41.2 Å². The molecule has 1 fully saturated rings. The molecule has 2 N–H and O–H groups in total. The van der Waals surface area contributed by atoms with Crippen molar-refractivity contribution in [3.05, 3.63) is 62.6 Å². The number of rotatable bonds is 8. The van der Waals surface area contributed by atoms with Gasteiger partial charge in [-0.15, -0.1) is 0 Å². The van der Waals surface area contributed by atoms with Crippen LogP contribution in [0.3, 0.4) is 0 Å². The second-order valence-corrected chi connectivity index (χ2v) is 9.54. The predicted molar refractivity (Wildman–Crippen MR) is 141 cm³/mol. The number of hydrogen-bond donors (Lipinski definition) is 2. The summed E-state index contributed by atoms with van der Waals surface area (Å²) in [6, 6.07) is 10.7. The fourth-order valence-corrected chi connectivity index (χ4v) is 4.92. The number of ether oxygens (including phenoxy) is 2. The Labute approximate surface area is 214 Å². The number of nitrogens with one attached hydrogen (secondary N) is 2. The smallest absolute Gasteiger partial charge is 0.262 e. The Kier molecular flexibility index (Phi) is 7.35. The van der Waals surface area contributed by atoms with Crippen LogP contribution in [-0.2, 0) is 6.54 Å². The maximum Gasteiger partial charge on any atom is 0.262 e. The van der Waals surface area contributed by atoms with Gasteiger partial charge < -0.3 is 29.6 Å². The molecule has 3 aromatic rings. The zero-order valence-electron chi connectivity index (χ0n) is 20.4. The average molecular weight is 510 g/mol. The molecule has 0 atom stereocenters. The van der Waals surface area contributed by atoms with Gasteiger partial charge in [-0.2, -0.15) is 0 Å². The molecule has 0 spiro atoms. The molecule has 190 valence electrons.